The minimum absolute atomic E-state index is 0.0993. The largest absolute Gasteiger partial charge is 0.325 e. The number of nitrogens with one attached hydrogen (secondary N) is 2. The van der Waals surface area contributed by atoms with Crippen molar-refractivity contribution < 1.29 is 9.59 Å². The third-order valence-electron chi connectivity index (χ3n) is 3.74. The van der Waals surface area contributed by atoms with E-state index in [1.807, 2.05) is 56.3 Å². The highest BCUT2D eigenvalue weighted by Crippen LogP contribution is 2.16. The summed E-state index contributed by atoms with van der Waals surface area (Å²) in [4.78, 5) is 24.0. The highest BCUT2D eigenvalue weighted by molar-refractivity contribution is 8.00. The van der Waals surface area contributed by atoms with E-state index < -0.39 is 0 Å². The summed E-state index contributed by atoms with van der Waals surface area (Å²) in [5.41, 5.74) is 4.99. The zero-order chi connectivity index (χ0) is 18.2. The number of carbonyl (C=O) groups excluding carboxylic acids is 2. The Kier molecular flexibility index (Phi) is 7.07. The number of anilines is 2. The molecule has 0 aromatic heterocycles. The number of carbonyl (C=O) groups is 2. The van der Waals surface area contributed by atoms with Gasteiger partial charge in [0.15, 0.2) is 0 Å². The number of hydrogen-bond donors (Lipinski definition) is 2. The third kappa shape index (κ3) is 6.27. The van der Waals surface area contributed by atoms with Crippen LogP contribution in [-0.2, 0) is 16.0 Å². The number of benzene rings is 2. The Morgan fingerprint density at radius 3 is 2.36 bits per heavy atom. The van der Waals surface area contributed by atoms with E-state index in [0.717, 1.165) is 28.9 Å². The van der Waals surface area contributed by atoms with Crippen molar-refractivity contribution in [3.05, 3.63) is 59.2 Å². The normalized spacial score (nSPS) is 10.4. The zero-order valence-corrected chi connectivity index (χ0v) is 15.7. The van der Waals surface area contributed by atoms with Crippen molar-refractivity contribution in [1.82, 2.24) is 0 Å². The molecule has 0 aliphatic heterocycles. The van der Waals surface area contributed by atoms with Crippen LogP contribution >= 0.6 is 11.8 Å². The molecule has 0 aliphatic rings. The van der Waals surface area contributed by atoms with Crippen molar-refractivity contribution in [3.8, 4) is 0 Å². The first-order valence-corrected chi connectivity index (χ1v) is 9.47. The monoisotopic (exact) mass is 356 g/mol. The Hall–Kier alpha value is -2.27. The first-order chi connectivity index (χ1) is 12.0. The van der Waals surface area contributed by atoms with Crippen molar-refractivity contribution in [2.75, 3.05) is 22.1 Å². The molecule has 0 heterocycles. The number of thioether (sulfide) groups is 1. The summed E-state index contributed by atoms with van der Waals surface area (Å²) in [5, 5.41) is 5.75. The van der Waals surface area contributed by atoms with Crippen LogP contribution < -0.4 is 10.6 Å². The summed E-state index contributed by atoms with van der Waals surface area (Å²) in [5.74, 6) is 0.294. The number of rotatable bonds is 7. The summed E-state index contributed by atoms with van der Waals surface area (Å²) in [6.07, 6.45) is 0.928. The summed E-state index contributed by atoms with van der Waals surface area (Å²) in [6.45, 7) is 6.06. The molecule has 2 aromatic rings. The van der Waals surface area contributed by atoms with Gasteiger partial charge in [-0.15, -0.1) is 11.8 Å². The van der Waals surface area contributed by atoms with Crippen LogP contribution in [-0.4, -0.2) is 23.3 Å². The average Bonchev–Trinajstić information content (AvgIpc) is 2.57. The molecule has 2 amide bonds. The van der Waals surface area contributed by atoms with Crippen molar-refractivity contribution in [3.63, 3.8) is 0 Å². The molecule has 0 aliphatic carbocycles. The van der Waals surface area contributed by atoms with Gasteiger partial charge < -0.3 is 10.6 Å². The van der Waals surface area contributed by atoms with Crippen LogP contribution in [0, 0.1) is 13.8 Å². The van der Waals surface area contributed by atoms with E-state index in [-0.39, 0.29) is 23.3 Å². The average molecular weight is 356 g/mol. The molecular weight excluding hydrogens is 332 g/mol. The van der Waals surface area contributed by atoms with Gasteiger partial charge in [0.2, 0.25) is 11.8 Å². The molecule has 0 spiro atoms. The highest BCUT2D eigenvalue weighted by atomic mass is 32.2. The molecule has 0 unspecified atom stereocenters. The van der Waals surface area contributed by atoms with Crippen LogP contribution in [0.4, 0.5) is 11.4 Å². The smallest absolute Gasteiger partial charge is 0.234 e. The van der Waals surface area contributed by atoms with E-state index in [2.05, 4.69) is 17.6 Å². The Labute approximate surface area is 153 Å². The predicted molar refractivity (Wildman–Crippen MR) is 106 cm³/mol. The Balaban J connectivity index is 1.75. The molecule has 0 saturated heterocycles. The van der Waals surface area contributed by atoms with E-state index in [0.29, 0.717) is 0 Å². The fraction of sp³-hybridized carbons (Fsp3) is 0.300. The highest BCUT2D eigenvalue weighted by Gasteiger charge is 2.08. The summed E-state index contributed by atoms with van der Waals surface area (Å²) < 4.78 is 0. The lowest BCUT2D eigenvalue weighted by Crippen LogP contribution is -2.18. The van der Waals surface area contributed by atoms with E-state index >= 15 is 0 Å². The first-order valence-electron chi connectivity index (χ1n) is 8.31. The summed E-state index contributed by atoms with van der Waals surface area (Å²) in [6, 6.07) is 13.7. The minimum Gasteiger partial charge on any atom is -0.325 e. The second kappa shape index (κ2) is 9.28. The van der Waals surface area contributed by atoms with Gasteiger partial charge in [-0.1, -0.05) is 36.8 Å². The van der Waals surface area contributed by atoms with Gasteiger partial charge in [-0.25, -0.2) is 0 Å². The summed E-state index contributed by atoms with van der Waals surface area (Å²) in [7, 11) is 0. The summed E-state index contributed by atoms with van der Waals surface area (Å²) >= 11 is 1.30. The lowest BCUT2D eigenvalue weighted by atomic mass is 10.1. The molecule has 0 radical (unpaired) electrons. The molecule has 0 saturated carbocycles. The molecular formula is C20H24N2O2S. The zero-order valence-electron chi connectivity index (χ0n) is 14.9. The molecule has 132 valence electrons. The number of aryl methyl sites for hydroxylation is 3. The van der Waals surface area contributed by atoms with Crippen LogP contribution in [0.25, 0.3) is 0 Å². The Morgan fingerprint density at radius 1 is 0.960 bits per heavy atom. The topological polar surface area (TPSA) is 58.2 Å². The second-order valence-corrected chi connectivity index (χ2v) is 6.95. The molecule has 2 N–H and O–H groups in total. The maximum Gasteiger partial charge on any atom is 0.234 e. The fourth-order valence-electron chi connectivity index (χ4n) is 2.44. The Morgan fingerprint density at radius 2 is 1.68 bits per heavy atom. The first kappa shape index (κ1) is 19.1. The molecule has 4 nitrogen and oxygen atoms in total. The van der Waals surface area contributed by atoms with Crippen molar-refractivity contribution in [2.24, 2.45) is 0 Å². The van der Waals surface area contributed by atoms with Crippen LogP contribution in [0.5, 0.6) is 0 Å². The van der Waals surface area contributed by atoms with Gasteiger partial charge in [0.25, 0.3) is 0 Å². The molecule has 0 fully saturated rings. The molecule has 0 atom stereocenters. The lowest BCUT2D eigenvalue weighted by Gasteiger charge is -2.09. The van der Waals surface area contributed by atoms with Crippen molar-refractivity contribution >= 4 is 35.0 Å². The number of hydrogen-bond acceptors (Lipinski definition) is 3. The van der Waals surface area contributed by atoms with E-state index in [4.69, 9.17) is 0 Å². The van der Waals surface area contributed by atoms with E-state index in [1.165, 1.54) is 17.3 Å². The van der Waals surface area contributed by atoms with Gasteiger partial charge >= 0.3 is 0 Å². The van der Waals surface area contributed by atoms with Crippen LogP contribution in [0.1, 0.15) is 23.6 Å². The molecule has 25 heavy (non-hydrogen) atoms. The van der Waals surface area contributed by atoms with Gasteiger partial charge in [-0.3, -0.25) is 9.59 Å². The van der Waals surface area contributed by atoms with Crippen molar-refractivity contribution in [2.45, 2.75) is 27.2 Å². The van der Waals surface area contributed by atoms with Gasteiger partial charge in [0.05, 0.1) is 11.5 Å². The van der Waals surface area contributed by atoms with E-state index in [1.54, 1.807) is 0 Å². The molecule has 0 bridgehead atoms. The molecule has 5 heteroatoms. The standard InChI is InChI=1S/C20H24N2O2S/c1-4-16-6-5-7-17(11-16)21-19(23)12-25-13-20(24)22-18-9-8-14(2)10-15(18)3/h5-11H,4,12-13H2,1-3H3,(H,21,23)(H,22,24). The second-order valence-electron chi connectivity index (χ2n) is 5.96. The minimum atomic E-state index is -0.0995. The third-order valence-corrected chi connectivity index (χ3v) is 4.67. The van der Waals surface area contributed by atoms with Crippen LogP contribution in [0.3, 0.4) is 0 Å². The van der Waals surface area contributed by atoms with Gasteiger partial charge in [0.1, 0.15) is 0 Å². The maximum atomic E-state index is 12.0. The van der Waals surface area contributed by atoms with Crippen molar-refractivity contribution in [1.29, 1.82) is 0 Å². The maximum absolute atomic E-state index is 12.0. The Bertz CT molecular complexity index is 759. The molecule has 2 rings (SSSR count). The van der Waals surface area contributed by atoms with Gasteiger partial charge in [-0.05, 0) is 49.6 Å². The van der Waals surface area contributed by atoms with Gasteiger partial charge in [0, 0.05) is 11.4 Å². The quantitative estimate of drug-likeness (QED) is 0.782. The number of amides is 2. The predicted octanol–water partition coefficient (Wildman–Crippen LogP) is 4.18. The van der Waals surface area contributed by atoms with E-state index in [9.17, 15) is 9.59 Å². The van der Waals surface area contributed by atoms with Crippen LogP contribution in [0.2, 0.25) is 0 Å². The lowest BCUT2D eigenvalue weighted by molar-refractivity contribution is -0.114. The van der Waals surface area contributed by atoms with Gasteiger partial charge in [-0.2, -0.15) is 0 Å². The fourth-order valence-corrected chi connectivity index (χ4v) is 3.06. The van der Waals surface area contributed by atoms with Crippen LogP contribution in [0.15, 0.2) is 42.5 Å². The molecule has 2 aromatic carbocycles. The SMILES string of the molecule is CCc1cccc(NC(=O)CSCC(=O)Nc2ccc(C)cc2C)c1.